The fourth-order valence-electron chi connectivity index (χ4n) is 4.76. The van der Waals surface area contributed by atoms with Crippen LogP contribution in [0.25, 0.3) is 16.5 Å². The first kappa shape index (κ1) is 22.7. The summed E-state index contributed by atoms with van der Waals surface area (Å²) in [6, 6.07) is 3.18. The second kappa shape index (κ2) is 9.25. The first-order chi connectivity index (χ1) is 16.9. The number of aliphatic imine (C=N–C) groups is 2. The highest BCUT2D eigenvalue weighted by Crippen LogP contribution is 2.34. The average Bonchev–Trinajstić information content (AvgIpc) is 3.51. The molecule has 0 unspecified atom stereocenters. The Morgan fingerprint density at radius 3 is 2.60 bits per heavy atom. The molecule has 3 N–H and O–H groups in total. The van der Waals surface area contributed by atoms with E-state index < -0.39 is 0 Å². The number of piperazine rings is 1. The van der Waals surface area contributed by atoms with E-state index in [0.717, 1.165) is 60.8 Å². The summed E-state index contributed by atoms with van der Waals surface area (Å²) in [7, 11) is 0. The third kappa shape index (κ3) is 4.25. The van der Waals surface area contributed by atoms with Crippen LogP contribution >= 0.6 is 0 Å². The lowest BCUT2D eigenvalue weighted by molar-refractivity contribution is 0.200. The molecule has 5 rings (SSSR count). The number of fused-ring (bicyclic) bond motifs is 1. The van der Waals surface area contributed by atoms with Crippen LogP contribution in [0.15, 0.2) is 95.0 Å². The van der Waals surface area contributed by atoms with Crippen molar-refractivity contribution >= 4 is 28.5 Å². The predicted octanol–water partition coefficient (Wildman–Crippen LogP) is 4.53. The number of rotatable bonds is 6. The summed E-state index contributed by atoms with van der Waals surface area (Å²) >= 11 is 0. The minimum absolute atomic E-state index is 0.309. The summed E-state index contributed by atoms with van der Waals surface area (Å²) in [4.78, 5) is 16.4. The van der Waals surface area contributed by atoms with E-state index >= 15 is 0 Å². The molecule has 1 aromatic heterocycles. The quantitative estimate of drug-likeness (QED) is 0.612. The maximum atomic E-state index is 15.0. The molecule has 0 amide bonds. The molecule has 0 bridgehead atoms. The zero-order chi connectivity index (χ0) is 24.5. The summed E-state index contributed by atoms with van der Waals surface area (Å²) in [6.07, 6.45) is 12.3. The molecular formula is C28H29FN6. The van der Waals surface area contributed by atoms with Crippen LogP contribution in [-0.2, 0) is 0 Å². The summed E-state index contributed by atoms with van der Waals surface area (Å²) in [5.74, 6) is 0.303. The van der Waals surface area contributed by atoms with E-state index in [1.54, 1.807) is 18.5 Å². The van der Waals surface area contributed by atoms with Gasteiger partial charge in [0.2, 0.25) is 0 Å². The van der Waals surface area contributed by atoms with Crippen molar-refractivity contribution in [2.24, 2.45) is 15.7 Å². The second-order valence-electron chi connectivity index (χ2n) is 8.84. The monoisotopic (exact) mass is 468 g/mol. The molecule has 1 fully saturated rings. The molecule has 1 aromatic carbocycles. The number of H-pyrrole nitrogens is 1. The number of benzene rings is 1. The van der Waals surface area contributed by atoms with Gasteiger partial charge in [0.05, 0.1) is 12.1 Å². The molecule has 0 saturated carbocycles. The van der Waals surface area contributed by atoms with Crippen molar-refractivity contribution in [3.05, 3.63) is 102 Å². The van der Waals surface area contributed by atoms with Gasteiger partial charge in [-0.25, -0.2) is 9.38 Å². The van der Waals surface area contributed by atoms with Crippen LogP contribution < -0.4 is 5.73 Å². The number of hydrogen-bond acceptors (Lipinski definition) is 5. The Morgan fingerprint density at radius 1 is 1.09 bits per heavy atom. The standard InChI is InChI=1S/C28H29FN6/c1-18(24-17-33-27-23(28-31-10-11-32-28)8-9-25(29)26(24)27)19(2)34-12-14-35(15-13-34)20(3)21-6-4-5-7-22(30)16-21/h4-5,7-10,16-17,33H,1-3,6,11-15,30H2. The molecule has 35 heavy (non-hydrogen) atoms. The number of hydrogen-bond donors (Lipinski definition) is 2. The highest BCUT2D eigenvalue weighted by atomic mass is 19.1. The van der Waals surface area contributed by atoms with Crippen LogP contribution in [0.2, 0.25) is 0 Å². The third-order valence-corrected chi connectivity index (χ3v) is 6.75. The number of nitrogens with zero attached hydrogens (tertiary/aromatic N) is 4. The Morgan fingerprint density at radius 2 is 1.86 bits per heavy atom. The van der Waals surface area contributed by atoms with Gasteiger partial charge in [0.1, 0.15) is 5.82 Å². The van der Waals surface area contributed by atoms with Crippen LogP contribution in [0.5, 0.6) is 0 Å². The molecule has 6 nitrogen and oxygen atoms in total. The number of allylic oxidation sites excluding steroid dienone is 6. The zero-order valence-electron chi connectivity index (χ0n) is 19.7. The van der Waals surface area contributed by atoms with Gasteiger partial charge >= 0.3 is 0 Å². The summed E-state index contributed by atoms with van der Waals surface area (Å²) in [5.41, 5.74) is 12.5. The molecular weight excluding hydrogens is 439 g/mol. The highest BCUT2D eigenvalue weighted by molar-refractivity contribution is 6.14. The lowest BCUT2D eigenvalue weighted by atomic mass is 10.0. The molecule has 3 aliphatic rings. The van der Waals surface area contributed by atoms with Gasteiger partial charge in [-0.1, -0.05) is 31.9 Å². The van der Waals surface area contributed by atoms with Crippen LogP contribution in [0.1, 0.15) is 17.5 Å². The lowest BCUT2D eigenvalue weighted by Gasteiger charge is -2.39. The lowest BCUT2D eigenvalue weighted by Crippen LogP contribution is -2.45. The Kier molecular flexibility index (Phi) is 5.99. The topological polar surface area (TPSA) is 73.0 Å². The third-order valence-electron chi connectivity index (χ3n) is 6.75. The number of nitrogens with two attached hydrogens (primary N) is 1. The summed E-state index contributed by atoms with van der Waals surface area (Å²) < 4.78 is 15.0. The van der Waals surface area contributed by atoms with Gasteiger partial charge in [0.25, 0.3) is 0 Å². The predicted molar refractivity (Wildman–Crippen MR) is 143 cm³/mol. The van der Waals surface area contributed by atoms with E-state index in [4.69, 9.17) is 5.73 Å². The maximum Gasteiger partial charge on any atom is 0.156 e. The van der Waals surface area contributed by atoms with Crippen molar-refractivity contribution in [3.8, 4) is 0 Å². The second-order valence-corrected chi connectivity index (χ2v) is 8.84. The van der Waals surface area contributed by atoms with E-state index in [-0.39, 0.29) is 5.82 Å². The van der Waals surface area contributed by atoms with Gasteiger partial charge in [-0.2, -0.15) is 0 Å². The van der Waals surface area contributed by atoms with E-state index in [1.165, 1.54) is 6.07 Å². The van der Waals surface area contributed by atoms with Crippen molar-refractivity contribution in [2.75, 3.05) is 32.7 Å². The molecule has 178 valence electrons. The molecule has 2 aliphatic heterocycles. The van der Waals surface area contributed by atoms with E-state index in [2.05, 4.69) is 50.6 Å². The summed E-state index contributed by atoms with van der Waals surface area (Å²) in [5, 5.41) is 0.490. The normalized spacial score (nSPS) is 17.8. The Labute approximate surface area is 204 Å². The molecule has 1 aliphatic carbocycles. The average molecular weight is 469 g/mol. The Balaban J connectivity index is 1.31. The van der Waals surface area contributed by atoms with Gasteiger partial charge in [0.15, 0.2) is 5.84 Å². The highest BCUT2D eigenvalue weighted by Gasteiger charge is 2.24. The number of amidine groups is 1. The van der Waals surface area contributed by atoms with Crippen LogP contribution in [0.3, 0.4) is 0 Å². The van der Waals surface area contributed by atoms with E-state index in [0.29, 0.717) is 34.4 Å². The molecule has 0 radical (unpaired) electrons. The number of aromatic amines is 1. The van der Waals surface area contributed by atoms with Crippen molar-refractivity contribution in [2.45, 2.75) is 6.42 Å². The van der Waals surface area contributed by atoms with Crippen molar-refractivity contribution in [3.63, 3.8) is 0 Å². The molecule has 1 saturated heterocycles. The first-order valence-corrected chi connectivity index (χ1v) is 11.7. The van der Waals surface area contributed by atoms with Crippen molar-refractivity contribution in [1.82, 2.24) is 14.8 Å². The van der Waals surface area contributed by atoms with Crippen LogP contribution in [0.4, 0.5) is 4.39 Å². The van der Waals surface area contributed by atoms with Crippen LogP contribution in [0, 0.1) is 5.82 Å². The number of aromatic nitrogens is 1. The van der Waals surface area contributed by atoms with E-state index in [9.17, 15) is 4.39 Å². The van der Waals surface area contributed by atoms with Gasteiger partial charge in [-0.3, -0.25) is 4.99 Å². The van der Waals surface area contributed by atoms with Crippen molar-refractivity contribution in [1.29, 1.82) is 0 Å². The summed E-state index contributed by atoms with van der Waals surface area (Å²) in [6.45, 7) is 16.6. The maximum absolute atomic E-state index is 15.0. The fraction of sp³-hybridized carbons (Fsp3) is 0.214. The minimum atomic E-state index is -0.309. The fourth-order valence-corrected chi connectivity index (χ4v) is 4.76. The largest absolute Gasteiger partial charge is 0.399 e. The van der Waals surface area contributed by atoms with Gasteiger partial charge in [0, 0.05) is 72.2 Å². The van der Waals surface area contributed by atoms with Gasteiger partial charge < -0.3 is 20.5 Å². The number of nitrogens with one attached hydrogen (secondary N) is 1. The Hall–Kier alpha value is -4.13. The zero-order valence-corrected chi connectivity index (χ0v) is 19.7. The smallest absolute Gasteiger partial charge is 0.156 e. The molecule has 3 heterocycles. The van der Waals surface area contributed by atoms with Gasteiger partial charge in [-0.05, 0) is 41.9 Å². The van der Waals surface area contributed by atoms with Crippen LogP contribution in [-0.4, -0.2) is 59.6 Å². The van der Waals surface area contributed by atoms with E-state index in [1.807, 2.05) is 18.2 Å². The minimum Gasteiger partial charge on any atom is -0.399 e. The number of halogens is 1. The molecule has 0 spiro atoms. The molecule has 7 heteroatoms. The first-order valence-electron chi connectivity index (χ1n) is 11.7. The van der Waals surface area contributed by atoms with Crippen molar-refractivity contribution < 1.29 is 4.39 Å². The Bertz CT molecular complexity index is 1380. The SMILES string of the molecule is C=C(C(=C)N1CCN(C(=C)C2=CC(N)=CC=CC2)CC1)c1c[nH]c2c(C3=NCC=N3)ccc(F)c12. The van der Waals surface area contributed by atoms with Gasteiger partial charge in [-0.15, -0.1) is 0 Å². The molecule has 0 atom stereocenters. The molecule has 2 aromatic rings.